The van der Waals surface area contributed by atoms with Gasteiger partial charge in [-0.25, -0.2) is 0 Å². The molecule has 1 atom stereocenters. The van der Waals surface area contributed by atoms with Gasteiger partial charge in [0.2, 0.25) is 5.91 Å². The highest BCUT2D eigenvalue weighted by Gasteiger charge is 2.36. The fourth-order valence-electron chi connectivity index (χ4n) is 2.69. The Bertz CT molecular complexity index is 529. The molecule has 0 N–H and O–H groups in total. The van der Waals surface area contributed by atoms with Gasteiger partial charge in [-0.05, 0) is 24.8 Å². The van der Waals surface area contributed by atoms with Gasteiger partial charge in [0.15, 0.2) is 5.76 Å². The highest BCUT2D eigenvalue weighted by atomic mass is 32.2. The molecule has 1 aliphatic heterocycles. The van der Waals surface area contributed by atoms with E-state index >= 15 is 0 Å². The average molecular weight is 324 g/mol. The summed E-state index contributed by atoms with van der Waals surface area (Å²) in [6, 6.07) is 3.19. The Morgan fingerprint density at radius 3 is 2.86 bits per heavy atom. The maximum absolute atomic E-state index is 12.7. The van der Waals surface area contributed by atoms with Crippen LogP contribution in [0.2, 0.25) is 0 Å². The average Bonchev–Trinajstić information content (AvgIpc) is 2.97. The Labute approximate surface area is 136 Å². The van der Waals surface area contributed by atoms with Crippen LogP contribution < -0.4 is 0 Å². The highest BCUT2D eigenvalue weighted by molar-refractivity contribution is 7.97. The summed E-state index contributed by atoms with van der Waals surface area (Å²) in [5.41, 5.74) is 0. The summed E-state index contributed by atoms with van der Waals surface area (Å²) < 4.78 is 5.62. The van der Waals surface area contributed by atoms with Crippen LogP contribution in [-0.4, -0.2) is 54.0 Å². The number of rotatable bonds is 6. The SMILES string of the molecule is CCCC[C@H]1C(=O)N(C)CCN1C(=O)c1ccc(CSC)o1. The van der Waals surface area contributed by atoms with E-state index in [1.807, 2.05) is 12.3 Å². The first-order valence-corrected chi connectivity index (χ1v) is 9.11. The molecule has 0 spiro atoms. The number of furan rings is 1. The number of hydrogen-bond donors (Lipinski definition) is 0. The quantitative estimate of drug-likeness (QED) is 0.807. The van der Waals surface area contributed by atoms with Gasteiger partial charge in [-0.1, -0.05) is 19.8 Å². The van der Waals surface area contributed by atoms with Crippen molar-refractivity contribution in [1.82, 2.24) is 9.80 Å². The fourth-order valence-corrected chi connectivity index (χ4v) is 3.13. The summed E-state index contributed by atoms with van der Waals surface area (Å²) in [5.74, 6) is 1.73. The molecular weight excluding hydrogens is 300 g/mol. The number of piperazine rings is 1. The molecule has 6 heteroatoms. The molecule has 5 nitrogen and oxygen atoms in total. The van der Waals surface area contributed by atoms with Crippen molar-refractivity contribution in [3.05, 3.63) is 23.7 Å². The maximum atomic E-state index is 12.7. The van der Waals surface area contributed by atoms with Crippen molar-refractivity contribution >= 4 is 23.6 Å². The zero-order valence-electron chi connectivity index (χ0n) is 13.5. The number of amides is 2. The molecule has 0 bridgehead atoms. The van der Waals surface area contributed by atoms with E-state index in [-0.39, 0.29) is 17.9 Å². The van der Waals surface area contributed by atoms with Crippen molar-refractivity contribution in [2.75, 3.05) is 26.4 Å². The molecule has 0 saturated carbocycles. The van der Waals surface area contributed by atoms with Crippen molar-refractivity contribution < 1.29 is 14.0 Å². The summed E-state index contributed by atoms with van der Waals surface area (Å²) >= 11 is 1.65. The molecule has 1 saturated heterocycles. The van der Waals surface area contributed by atoms with Crippen LogP contribution in [0.3, 0.4) is 0 Å². The molecule has 1 aromatic rings. The molecule has 2 rings (SSSR count). The first-order chi connectivity index (χ1) is 10.6. The van der Waals surface area contributed by atoms with Gasteiger partial charge in [0, 0.05) is 20.1 Å². The van der Waals surface area contributed by atoms with Crippen LogP contribution in [-0.2, 0) is 10.5 Å². The van der Waals surface area contributed by atoms with Gasteiger partial charge in [-0.15, -0.1) is 0 Å². The summed E-state index contributed by atoms with van der Waals surface area (Å²) in [6.45, 7) is 3.23. The monoisotopic (exact) mass is 324 g/mol. The van der Waals surface area contributed by atoms with Crippen LogP contribution in [0.1, 0.15) is 42.5 Å². The van der Waals surface area contributed by atoms with Crippen molar-refractivity contribution in [2.24, 2.45) is 0 Å². The zero-order valence-corrected chi connectivity index (χ0v) is 14.3. The van der Waals surface area contributed by atoms with E-state index in [9.17, 15) is 9.59 Å². The molecule has 0 radical (unpaired) electrons. The Hall–Kier alpha value is -1.43. The van der Waals surface area contributed by atoms with Gasteiger partial charge in [0.05, 0.1) is 5.75 Å². The van der Waals surface area contributed by atoms with Crippen LogP contribution in [0, 0.1) is 0 Å². The third-order valence-electron chi connectivity index (χ3n) is 3.96. The Morgan fingerprint density at radius 2 is 2.18 bits per heavy atom. The van der Waals surface area contributed by atoms with E-state index in [4.69, 9.17) is 4.42 Å². The largest absolute Gasteiger partial charge is 0.455 e. The van der Waals surface area contributed by atoms with E-state index in [0.29, 0.717) is 25.3 Å². The van der Waals surface area contributed by atoms with Crippen LogP contribution in [0.25, 0.3) is 0 Å². The third-order valence-corrected chi connectivity index (χ3v) is 4.54. The fraction of sp³-hybridized carbons (Fsp3) is 0.625. The van der Waals surface area contributed by atoms with Crippen LogP contribution in [0.15, 0.2) is 16.5 Å². The van der Waals surface area contributed by atoms with E-state index in [1.165, 1.54) is 0 Å². The molecular formula is C16H24N2O3S. The number of hydrogen-bond acceptors (Lipinski definition) is 4. The second kappa shape index (κ2) is 7.72. The van der Waals surface area contributed by atoms with E-state index < -0.39 is 0 Å². The second-order valence-electron chi connectivity index (χ2n) is 5.62. The minimum Gasteiger partial charge on any atom is -0.455 e. The third kappa shape index (κ3) is 3.66. The first-order valence-electron chi connectivity index (χ1n) is 7.72. The van der Waals surface area contributed by atoms with Gasteiger partial charge < -0.3 is 14.2 Å². The molecule has 1 aromatic heterocycles. The van der Waals surface area contributed by atoms with Gasteiger partial charge in [0.25, 0.3) is 5.91 Å². The highest BCUT2D eigenvalue weighted by Crippen LogP contribution is 2.21. The maximum Gasteiger partial charge on any atom is 0.290 e. The molecule has 22 heavy (non-hydrogen) atoms. The second-order valence-corrected chi connectivity index (χ2v) is 6.48. The Balaban J connectivity index is 2.15. The lowest BCUT2D eigenvalue weighted by Crippen LogP contribution is -2.57. The van der Waals surface area contributed by atoms with E-state index in [1.54, 1.807) is 34.7 Å². The lowest BCUT2D eigenvalue weighted by Gasteiger charge is -2.38. The minimum absolute atomic E-state index is 0.0314. The lowest BCUT2D eigenvalue weighted by molar-refractivity contribution is -0.138. The molecule has 0 unspecified atom stereocenters. The number of likely N-dealkylation sites (N-methyl/N-ethyl adjacent to an activating group) is 1. The molecule has 1 fully saturated rings. The molecule has 2 heterocycles. The van der Waals surface area contributed by atoms with Crippen molar-refractivity contribution in [1.29, 1.82) is 0 Å². The molecule has 0 aromatic carbocycles. The normalized spacial score (nSPS) is 18.9. The minimum atomic E-state index is -0.361. The van der Waals surface area contributed by atoms with Crippen molar-refractivity contribution in [3.63, 3.8) is 0 Å². The first kappa shape index (κ1) is 16.9. The summed E-state index contributed by atoms with van der Waals surface area (Å²) in [5, 5.41) is 0. The molecule has 122 valence electrons. The van der Waals surface area contributed by atoms with Gasteiger partial charge in [0.1, 0.15) is 11.8 Å². The van der Waals surface area contributed by atoms with Crippen molar-refractivity contribution in [2.45, 2.75) is 38.0 Å². The number of unbranched alkanes of at least 4 members (excludes halogenated alkanes) is 1. The van der Waals surface area contributed by atoms with Gasteiger partial charge in [-0.3, -0.25) is 9.59 Å². The smallest absolute Gasteiger partial charge is 0.290 e. The number of thioether (sulfide) groups is 1. The number of nitrogens with zero attached hydrogens (tertiary/aromatic N) is 2. The Kier molecular flexibility index (Phi) is 5.94. The van der Waals surface area contributed by atoms with E-state index in [0.717, 1.165) is 24.4 Å². The molecule has 1 aliphatic rings. The summed E-state index contributed by atoms with van der Waals surface area (Å²) in [7, 11) is 1.80. The lowest BCUT2D eigenvalue weighted by atomic mass is 10.0. The van der Waals surface area contributed by atoms with Gasteiger partial charge >= 0.3 is 0 Å². The Morgan fingerprint density at radius 1 is 1.41 bits per heavy atom. The summed E-state index contributed by atoms with van der Waals surface area (Å²) in [6.07, 6.45) is 4.64. The standard InChI is InChI=1S/C16H24N2O3S/c1-4-5-6-13-15(19)17(2)9-10-18(13)16(20)14-8-7-12(21-14)11-22-3/h7-8,13H,4-6,9-11H2,1-3H3/t13-/m0/s1. The zero-order chi connectivity index (χ0) is 16.1. The van der Waals surface area contributed by atoms with Gasteiger partial charge in [-0.2, -0.15) is 11.8 Å². The van der Waals surface area contributed by atoms with Crippen LogP contribution >= 0.6 is 11.8 Å². The van der Waals surface area contributed by atoms with Crippen LogP contribution in [0.4, 0.5) is 0 Å². The van der Waals surface area contributed by atoms with Crippen LogP contribution in [0.5, 0.6) is 0 Å². The topological polar surface area (TPSA) is 53.8 Å². The summed E-state index contributed by atoms with van der Waals surface area (Å²) in [4.78, 5) is 28.5. The number of carbonyl (C=O) groups is 2. The molecule has 2 amide bonds. The number of carbonyl (C=O) groups excluding carboxylic acids is 2. The predicted molar refractivity (Wildman–Crippen MR) is 87.9 cm³/mol. The predicted octanol–water partition coefficient (Wildman–Crippen LogP) is 2.62. The van der Waals surface area contributed by atoms with Crippen molar-refractivity contribution in [3.8, 4) is 0 Å². The van der Waals surface area contributed by atoms with E-state index in [2.05, 4.69) is 6.92 Å². The molecule has 0 aliphatic carbocycles.